The Labute approximate surface area is 71.9 Å². The fraction of sp³-hybridized carbons (Fsp3) is 0.300. The predicted molar refractivity (Wildman–Crippen MR) is 47.3 cm³/mol. The Kier molecular flexibility index (Phi) is 2.48. The van der Waals surface area contributed by atoms with Crippen molar-refractivity contribution in [3.05, 3.63) is 35.8 Å². The van der Waals surface area contributed by atoms with Crippen LogP contribution >= 0.6 is 0 Å². The van der Waals surface area contributed by atoms with E-state index in [1.165, 1.54) is 0 Å². The van der Waals surface area contributed by atoms with Crippen LogP contribution in [0.15, 0.2) is 23.1 Å². The molecule has 0 radical (unpaired) electrons. The number of carbonyl (C=O) groups excluding carboxylic acids is 1. The third-order valence-electron chi connectivity index (χ3n) is 1.67. The Hall–Kier alpha value is -1.31. The second-order valence-electron chi connectivity index (χ2n) is 2.74. The van der Waals surface area contributed by atoms with Crippen molar-refractivity contribution in [3.63, 3.8) is 0 Å². The van der Waals surface area contributed by atoms with Gasteiger partial charge in [-0.3, -0.25) is 4.79 Å². The largest absolute Gasteiger partial charge is 0.466 e. The molecule has 1 aromatic rings. The minimum Gasteiger partial charge on any atom is -0.466 e. The van der Waals surface area contributed by atoms with E-state index in [-0.39, 0.29) is 5.78 Å². The van der Waals surface area contributed by atoms with E-state index in [4.69, 9.17) is 4.42 Å². The molecule has 0 atom stereocenters. The molecule has 0 aliphatic carbocycles. The first-order valence-electron chi connectivity index (χ1n) is 3.86. The quantitative estimate of drug-likeness (QED) is 0.507. The topological polar surface area (TPSA) is 30.2 Å². The first kappa shape index (κ1) is 8.78. The second kappa shape index (κ2) is 3.39. The Morgan fingerprint density at radius 3 is 2.75 bits per heavy atom. The Bertz CT molecular complexity index is 308. The minimum absolute atomic E-state index is 0.0688. The highest BCUT2D eigenvalue weighted by Crippen LogP contribution is 2.15. The maximum Gasteiger partial charge on any atom is 0.170 e. The van der Waals surface area contributed by atoms with Gasteiger partial charge in [0.25, 0.3) is 0 Å². The Balaban J connectivity index is 2.94. The maximum absolute atomic E-state index is 11.3. The molecule has 0 aliphatic rings. The van der Waals surface area contributed by atoms with Crippen molar-refractivity contribution in [1.82, 2.24) is 0 Å². The van der Waals surface area contributed by atoms with Gasteiger partial charge in [0.05, 0.1) is 5.56 Å². The van der Waals surface area contributed by atoms with Gasteiger partial charge in [-0.25, -0.2) is 0 Å². The van der Waals surface area contributed by atoms with Crippen LogP contribution in [0.2, 0.25) is 0 Å². The molecule has 0 amide bonds. The van der Waals surface area contributed by atoms with E-state index in [0.717, 1.165) is 5.76 Å². The lowest BCUT2D eigenvalue weighted by Crippen LogP contribution is -1.96. The van der Waals surface area contributed by atoms with Crippen LogP contribution in [0.1, 0.15) is 28.3 Å². The van der Waals surface area contributed by atoms with Crippen molar-refractivity contribution >= 4 is 5.78 Å². The molecule has 0 aliphatic heterocycles. The number of ketones is 1. The van der Waals surface area contributed by atoms with Crippen LogP contribution < -0.4 is 0 Å². The number of allylic oxidation sites excluding steroid dienone is 1. The van der Waals surface area contributed by atoms with Gasteiger partial charge in [-0.15, -0.1) is 6.58 Å². The summed E-state index contributed by atoms with van der Waals surface area (Å²) in [6.45, 7) is 7.14. The van der Waals surface area contributed by atoms with Crippen LogP contribution in [0.25, 0.3) is 0 Å². The third kappa shape index (κ3) is 1.64. The zero-order valence-electron chi connectivity index (χ0n) is 7.39. The summed E-state index contributed by atoms with van der Waals surface area (Å²) in [6.07, 6.45) is 1.98. The second-order valence-corrected chi connectivity index (χ2v) is 2.74. The van der Waals surface area contributed by atoms with Gasteiger partial charge in [-0.1, -0.05) is 6.08 Å². The number of furan rings is 1. The highest BCUT2D eigenvalue weighted by Gasteiger charge is 2.11. The molecule has 1 aromatic heterocycles. The fourth-order valence-corrected chi connectivity index (χ4v) is 1.15. The number of hydrogen-bond acceptors (Lipinski definition) is 2. The molecule has 0 aromatic carbocycles. The number of hydrogen-bond donors (Lipinski definition) is 0. The summed E-state index contributed by atoms with van der Waals surface area (Å²) in [5, 5.41) is 0. The molecule has 0 saturated heterocycles. The summed E-state index contributed by atoms with van der Waals surface area (Å²) in [6, 6.07) is 1.77. The van der Waals surface area contributed by atoms with Crippen LogP contribution in [-0.2, 0) is 0 Å². The van der Waals surface area contributed by atoms with Crippen molar-refractivity contribution in [2.24, 2.45) is 0 Å². The van der Waals surface area contributed by atoms with E-state index in [2.05, 4.69) is 6.58 Å². The van der Waals surface area contributed by atoms with Gasteiger partial charge in [0.2, 0.25) is 0 Å². The average Bonchev–Trinajstić information content (AvgIpc) is 2.30. The first-order chi connectivity index (χ1) is 5.65. The van der Waals surface area contributed by atoms with Crippen LogP contribution in [0.3, 0.4) is 0 Å². The van der Waals surface area contributed by atoms with Crippen LogP contribution in [0.5, 0.6) is 0 Å². The standard InChI is InChI=1S/C10H12O2/c1-4-5-10(11)9-6-7(2)12-8(9)3/h4,6H,1,5H2,2-3H3. The monoisotopic (exact) mass is 164 g/mol. The predicted octanol–water partition coefficient (Wildman–Crippen LogP) is 2.66. The molecule has 0 saturated carbocycles. The van der Waals surface area contributed by atoms with Gasteiger partial charge in [0.1, 0.15) is 11.5 Å². The molecule has 0 bridgehead atoms. The number of Topliss-reactive ketones (excluding diaryl/α,β-unsaturated/α-hetero) is 1. The Morgan fingerprint density at radius 1 is 1.67 bits per heavy atom. The SMILES string of the molecule is C=CCC(=O)c1cc(C)oc1C. The summed E-state index contributed by atoms with van der Waals surface area (Å²) < 4.78 is 5.23. The van der Waals surface area contributed by atoms with E-state index in [1.807, 2.05) is 6.92 Å². The molecular formula is C10H12O2. The molecule has 2 heteroatoms. The molecular weight excluding hydrogens is 152 g/mol. The Morgan fingerprint density at radius 2 is 2.33 bits per heavy atom. The van der Waals surface area contributed by atoms with Crippen LogP contribution in [0.4, 0.5) is 0 Å². The maximum atomic E-state index is 11.3. The number of rotatable bonds is 3. The normalized spacial score (nSPS) is 9.83. The zero-order valence-corrected chi connectivity index (χ0v) is 7.39. The molecule has 0 unspecified atom stereocenters. The number of aryl methyl sites for hydroxylation is 2. The molecule has 0 fully saturated rings. The lowest BCUT2D eigenvalue weighted by Gasteiger charge is -1.92. The van der Waals surface area contributed by atoms with Crippen molar-refractivity contribution in [1.29, 1.82) is 0 Å². The zero-order chi connectivity index (χ0) is 9.14. The molecule has 0 spiro atoms. The summed E-state index contributed by atoms with van der Waals surface area (Å²) in [5.41, 5.74) is 0.674. The summed E-state index contributed by atoms with van der Waals surface area (Å²) in [5.74, 6) is 1.54. The van der Waals surface area contributed by atoms with Crippen LogP contribution in [0, 0.1) is 13.8 Å². The number of carbonyl (C=O) groups is 1. The van der Waals surface area contributed by atoms with Gasteiger partial charge in [-0.2, -0.15) is 0 Å². The highest BCUT2D eigenvalue weighted by molar-refractivity contribution is 5.97. The minimum atomic E-state index is 0.0688. The fourth-order valence-electron chi connectivity index (χ4n) is 1.15. The van der Waals surface area contributed by atoms with Gasteiger partial charge in [-0.05, 0) is 19.9 Å². The van der Waals surface area contributed by atoms with Gasteiger partial charge in [0.15, 0.2) is 5.78 Å². The average molecular weight is 164 g/mol. The molecule has 0 N–H and O–H groups in total. The molecule has 1 heterocycles. The summed E-state index contributed by atoms with van der Waals surface area (Å²) >= 11 is 0. The first-order valence-corrected chi connectivity index (χ1v) is 3.86. The van der Waals surface area contributed by atoms with E-state index in [1.54, 1.807) is 19.1 Å². The van der Waals surface area contributed by atoms with Crippen LogP contribution in [-0.4, -0.2) is 5.78 Å². The molecule has 12 heavy (non-hydrogen) atoms. The van der Waals surface area contributed by atoms with E-state index >= 15 is 0 Å². The van der Waals surface area contributed by atoms with Crippen molar-refractivity contribution in [2.45, 2.75) is 20.3 Å². The van der Waals surface area contributed by atoms with Crippen molar-refractivity contribution in [2.75, 3.05) is 0 Å². The summed E-state index contributed by atoms with van der Waals surface area (Å²) in [7, 11) is 0. The van der Waals surface area contributed by atoms with Gasteiger partial charge >= 0.3 is 0 Å². The van der Waals surface area contributed by atoms with Crippen molar-refractivity contribution < 1.29 is 9.21 Å². The van der Waals surface area contributed by atoms with Gasteiger partial charge < -0.3 is 4.42 Å². The highest BCUT2D eigenvalue weighted by atomic mass is 16.3. The third-order valence-corrected chi connectivity index (χ3v) is 1.67. The molecule has 2 nitrogen and oxygen atoms in total. The van der Waals surface area contributed by atoms with E-state index in [0.29, 0.717) is 17.7 Å². The molecule has 1 rings (SSSR count). The van der Waals surface area contributed by atoms with Gasteiger partial charge in [0, 0.05) is 6.42 Å². The smallest absolute Gasteiger partial charge is 0.170 e. The van der Waals surface area contributed by atoms with E-state index < -0.39 is 0 Å². The van der Waals surface area contributed by atoms with Crippen molar-refractivity contribution in [3.8, 4) is 0 Å². The van der Waals surface area contributed by atoms with E-state index in [9.17, 15) is 4.79 Å². The summed E-state index contributed by atoms with van der Waals surface area (Å²) in [4.78, 5) is 11.3. The molecule has 64 valence electrons. The lowest BCUT2D eigenvalue weighted by molar-refractivity contribution is 0.0994. The lowest BCUT2D eigenvalue weighted by atomic mass is 10.1.